The minimum Gasteiger partial charge on any atom is -0.512 e. The van der Waals surface area contributed by atoms with Crippen LogP contribution in [0.15, 0.2) is 36.1 Å². The van der Waals surface area contributed by atoms with Gasteiger partial charge in [0.2, 0.25) is 0 Å². The lowest BCUT2D eigenvalue weighted by atomic mass is 9.86. The number of hydrogen-bond acceptors (Lipinski definition) is 3. The summed E-state index contributed by atoms with van der Waals surface area (Å²) in [4.78, 5) is 11.3. The number of methoxy groups -OCH3 is 1. The first-order valence-electron chi connectivity index (χ1n) is 5.25. The molecule has 0 bridgehead atoms. The third kappa shape index (κ3) is 2.24. The molecule has 1 aliphatic carbocycles. The van der Waals surface area contributed by atoms with Gasteiger partial charge in [-0.3, -0.25) is 4.79 Å². The molecule has 0 heterocycles. The van der Waals surface area contributed by atoms with Crippen molar-refractivity contribution in [2.24, 2.45) is 0 Å². The molecule has 0 spiro atoms. The molecule has 3 heteroatoms. The minimum absolute atomic E-state index is 0.00966. The maximum atomic E-state index is 11.3. The second-order valence-corrected chi connectivity index (χ2v) is 3.98. The number of allylic oxidation sites excluding steroid dienone is 2. The van der Waals surface area contributed by atoms with E-state index in [1.54, 1.807) is 7.11 Å². The van der Waals surface area contributed by atoms with E-state index in [1.165, 1.54) is 6.08 Å². The third-order valence-corrected chi connectivity index (χ3v) is 2.82. The minimum atomic E-state index is -0.00966. The molecule has 16 heavy (non-hydrogen) atoms. The Morgan fingerprint density at radius 1 is 1.25 bits per heavy atom. The molecule has 1 N–H and O–H groups in total. The molecule has 0 saturated heterocycles. The fourth-order valence-corrected chi connectivity index (χ4v) is 1.98. The molecule has 0 saturated carbocycles. The molecule has 0 aliphatic heterocycles. The predicted molar refractivity (Wildman–Crippen MR) is 60.7 cm³/mol. The number of hydrogen-bond donors (Lipinski definition) is 1. The third-order valence-electron chi connectivity index (χ3n) is 2.82. The van der Waals surface area contributed by atoms with Crippen LogP contribution in [0.25, 0.3) is 0 Å². The van der Waals surface area contributed by atoms with Gasteiger partial charge in [0.05, 0.1) is 12.9 Å². The first-order chi connectivity index (χ1) is 7.69. The van der Waals surface area contributed by atoms with E-state index in [1.807, 2.05) is 24.3 Å². The van der Waals surface area contributed by atoms with Crippen molar-refractivity contribution in [3.05, 3.63) is 41.7 Å². The van der Waals surface area contributed by atoms with Crippen LogP contribution in [0.1, 0.15) is 24.3 Å². The fraction of sp³-hybridized carbons (Fsp3) is 0.308. The van der Waals surface area contributed by atoms with Crippen LogP contribution in [0.3, 0.4) is 0 Å². The molecule has 1 aromatic rings. The van der Waals surface area contributed by atoms with Gasteiger partial charge in [0.25, 0.3) is 0 Å². The Balaban J connectivity index is 2.18. The number of carbonyl (C=O) groups excluding carboxylic acids is 1. The molecule has 0 radical (unpaired) electrons. The summed E-state index contributed by atoms with van der Waals surface area (Å²) in [6.45, 7) is 0. The first-order valence-corrected chi connectivity index (χ1v) is 5.25. The lowest BCUT2D eigenvalue weighted by Gasteiger charge is -2.19. The van der Waals surface area contributed by atoms with Crippen molar-refractivity contribution in [2.45, 2.75) is 18.8 Å². The monoisotopic (exact) mass is 218 g/mol. The van der Waals surface area contributed by atoms with Crippen LogP contribution in [0.4, 0.5) is 0 Å². The Hall–Kier alpha value is -1.77. The van der Waals surface area contributed by atoms with E-state index in [0.29, 0.717) is 12.8 Å². The molecular weight excluding hydrogens is 204 g/mol. The number of aliphatic hydroxyl groups excluding tert-OH is 1. The van der Waals surface area contributed by atoms with Gasteiger partial charge in [-0.1, -0.05) is 12.1 Å². The molecule has 0 fully saturated rings. The Bertz CT molecular complexity index is 417. The van der Waals surface area contributed by atoms with Crippen molar-refractivity contribution < 1.29 is 14.6 Å². The molecule has 0 aromatic heterocycles. The standard InChI is InChI=1S/C13H14O3/c1-16-13-4-2-9(3-5-13)10-6-11(14)8-12(15)7-10/h2-5,8,10,14H,6-7H2,1H3/t10-/m1/s1. The highest BCUT2D eigenvalue weighted by molar-refractivity contribution is 5.91. The van der Waals surface area contributed by atoms with E-state index in [2.05, 4.69) is 0 Å². The van der Waals surface area contributed by atoms with Crippen molar-refractivity contribution in [1.82, 2.24) is 0 Å². The highest BCUT2D eigenvalue weighted by Gasteiger charge is 2.21. The van der Waals surface area contributed by atoms with Gasteiger partial charge in [0, 0.05) is 18.9 Å². The Labute approximate surface area is 94.4 Å². The van der Waals surface area contributed by atoms with Crippen molar-refractivity contribution in [3.8, 4) is 5.75 Å². The van der Waals surface area contributed by atoms with Crippen LogP contribution < -0.4 is 4.74 Å². The number of benzene rings is 1. The van der Waals surface area contributed by atoms with Gasteiger partial charge in [-0.05, 0) is 23.6 Å². The van der Waals surface area contributed by atoms with Gasteiger partial charge in [0.1, 0.15) is 5.75 Å². The van der Waals surface area contributed by atoms with Crippen LogP contribution in [0, 0.1) is 0 Å². The molecule has 1 aromatic carbocycles. The van der Waals surface area contributed by atoms with E-state index >= 15 is 0 Å². The summed E-state index contributed by atoms with van der Waals surface area (Å²) in [5, 5.41) is 9.43. The molecule has 84 valence electrons. The second kappa shape index (κ2) is 4.39. The van der Waals surface area contributed by atoms with Gasteiger partial charge in [0.15, 0.2) is 5.78 Å². The number of carbonyl (C=O) groups is 1. The van der Waals surface area contributed by atoms with Gasteiger partial charge in [-0.15, -0.1) is 0 Å². The second-order valence-electron chi connectivity index (χ2n) is 3.98. The Morgan fingerprint density at radius 2 is 1.94 bits per heavy atom. The number of rotatable bonds is 2. The van der Waals surface area contributed by atoms with Crippen molar-refractivity contribution >= 4 is 5.78 Å². The quantitative estimate of drug-likeness (QED) is 0.829. The van der Waals surface area contributed by atoms with Gasteiger partial charge in [-0.25, -0.2) is 0 Å². The van der Waals surface area contributed by atoms with Crippen molar-refractivity contribution in [2.75, 3.05) is 7.11 Å². The molecule has 2 rings (SSSR count). The lowest BCUT2D eigenvalue weighted by molar-refractivity contribution is -0.115. The summed E-state index contributed by atoms with van der Waals surface area (Å²) in [5.74, 6) is 1.05. The highest BCUT2D eigenvalue weighted by atomic mass is 16.5. The van der Waals surface area contributed by atoms with Gasteiger partial charge in [-0.2, -0.15) is 0 Å². The molecule has 1 atom stereocenters. The van der Waals surface area contributed by atoms with E-state index < -0.39 is 0 Å². The summed E-state index contributed by atoms with van der Waals surface area (Å²) < 4.78 is 5.07. The molecule has 1 aliphatic rings. The zero-order chi connectivity index (χ0) is 11.5. The number of ketones is 1. The maximum absolute atomic E-state index is 11.3. The van der Waals surface area contributed by atoms with Crippen molar-refractivity contribution in [1.29, 1.82) is 0 Å². The van der Waals surface area contributed by atoms with Crippen LogP contribution in [-0.2, 0) is 4.79 Å². The average molecular weight is 218 g/mol. The van der Waals surface area contributed by atoms with Crippen LogP contribution in [0.2, 0.25) is 0 Å². The average Bonchev–Trinajstić information content (AvgIpc) is 2.28. The summed E-state index contributed by atoms with van der Waals surface area (Å²) in [6, 6.07) is 7.62. The summed E-state index contributed by atoms with van der Waals surface area (Å²) >= 11 is 0. The van der Waals surface area contributed by atoms with E-state index in [4.69, 9.17) is 4.74 Å². The summed E-state index contributed by atoms with van der Waals surface area (Å²) in [7, 11) is 1.62. The Kier molecular flexibility index (Phi) is 2.95. The normalized spacial score (nSPS) is 20.4. The van der Waals surface area contributed by atoms with Gasteiger partial charge < -0.3 is 9.84 Å². The van der Waals surface area contributed by atoms with Crippen LogP contribution >= 0.6 is 0 Å². The Morgan fingerprint density at radius 3 is 2.50 bits per heavy atom. The first kappa shape index (κ1) is 10.7. The molecule has 3 nitrogen and oxygen atoms in total. The highest BCUT2D eigenvalue weighted by Crippen LogP contribution is 2.31. The zero-order valence-corrected chi connectivity index (χ0v) is 9.14. The number of aliphatic hydroxyl groups is 1. The smallest absolute Gasteiger partial charge is 0.159 e. The SMILES string of the molecule is COc1ccc([C@H]2CC(=O)C=C(O)C2)cc1. The topological polar surface area (TPSA) is 46.5 Å². The van der Waals surface area contributed by atoms with Crippen LogP contribution in [-0.4, -0.2) is 18.0 Å². The van der Waals surface area contributed by atoms with E-state index in [0.717, 1.165) is 11.3 Å². The summed E-state index contributed by atoms with van der Waals surface area (Å²) in [6.07, 6.45) is 2.33. The zero-order valence-electron chi connectivity index (χ0n) is 9.14. The van der Waals surface area contributed by atoms with Crippen molar-refractivity contribution in [3.63, 3.8) is 0 Å². The molecule has 0 unspecified atom stereocenters. The van der Waals surface area contributed by atoms with Crippen LogP contribution in [0.5, 0.6) is 5.75 Å². The van der Waals surface area contributed by atoms with Gasteiger partial charge >= 0.3 is 0 Å². The molecule has 0 amide bonds. The largest absolute Gasteiger partial charge is 0.512 e. The van der Waals surface area contributed by atoms with E-state index in [9.17, 15) is 9.90 Å². The fourth-order valence-electron chi connectivity index (χ4n) is 1.98. The lowest BCUT2D eigenvalue weighted by Crippen LogP contribution is -2.12. The summed E-state index contributed by atoms with van der Waals surface area (Å²) in [5.41, 5.74) is 1.06. The van der Waals surface area contributed by atoms with E-state index in [-0.39, 0.29) is 17.5 Å². The predicted octanol–water partition coefficient (Wildman–Crippen LogP) is 2.58. The maximum Gasteiger partial charge on any atom is 0.159 e. The number of ether oxygens (including phenoxy) is 1. The molecular formula is C13H14O3.